The molecule has 1 aliphatic heterocycles. The smallest absolute Gasteiger partial charge is 0.237 e. The van der Waals surface area contributed by atoms with Crippen molar-refractivity contribution in [2.45, 2.75) is 23.5 Å². The first-order chi connectivity index (χ1) is 11.5. The van der Waals surface area contributed by atoms with Gasteiger partial charge in [-0.05, 0) is 48.9 Å². The lowest BCUT2D eigenvalue weighted by Gasteiger charge is -2.21. The lowest BCUT2D eigenvalue weighted by molar-refractivity contribution is -0.116. The maximum absolute atomic E-state index is 12.2. The molecule has 3 rings (SSSR count). The van der Waals surface area contributed by atoms with E-state index in [4.69, 9.17) is 4.74 Å². The molecule has 2 N–H and O–H groups in total. The molecule has 0 radical (unpaired) electrons. The van der Waals surface area contributed by atoms with Gasteiger partial charge in [0, 0.05) is 10.6 Å². The third kappa shape index (κ3) is 3.71. The molecule has 2 aromatic rings. The largest absolute Gasteiger partial charge is 0.497 e. The highest BCUT2D eigenvalue weighted by molar-refractivity contribution is 8.00. The van der Waals surface area contributed by atoms with Gasteiger partial charge in [0.2, 0.25) is 11.8 Å². The minimum atomic E-state index is -0.108. The number of benzene rings is 2. The molecule has 124 valence electrons. The van der Waals surface area contributed by atoms with Crippen molar-refractivity contribution in [1.82, 2.24) is 0 Å². The predicted octanol–water partition coefficient (Wildman–Crippen LogP) is 3.31. The Balaban J connectivity index is 1.66. The number of anilines is 2. The molecule has 0 saturated carbocycles. The number of amides is 2. The molecule has 2 amide bonds. The van der Waals surface area contributed by atoms with Crippen LogP contribution in [0.3, 0.4) is 0 Å². The van der Waals surface area contributed by atoms with Crippen molar-refractivity contribution in [3.8, 4) is 5.75 Å². The molecule has 0 aromatic heterocycles. The Kier molecular flexibility index (Phi) is 4.76. The van der Waals surface area contributed by atoms with Gasteiger partial charge in [0.05, 0.1) is 24.5 Å². The highest BCUT2D eigenvalue weighted by atomic mass is 32.2. The molecule has 0 spiro atoms. The summed E-state index contributed by atoms with van der Waals surface area (Å²) in [4.78, 5) is 25.0. The molecule has 0 fully saturated rings. The zero-order chi connectivity index (χ0) is 17.1. The fraction of sp³-hybridized carbons (Fsp3) is 0.222. The minimum absolute atomic E-state index is 0.00710. The molecule has 5 nitrogen and oxygen atoms in total. The average molecular weight is 342 g/mol. The molecular weight excluding hydrogens is 324 g/mol. The van der Waals surface area contributed by atoms with Crippen molar-refractivity contribution in [2.24, 2.45) is 0 Å². The van der Waals surface area contributed by atoms with Gasteiger partial charge in [-0.2, -0.15) is 0 Å². The minimum Gasteiger partial charge on any atom is -0.497 e. The van der Waals surface area contributed by atoms with E-state index in [1.807, 2.05) is 25.1 Å². The number of thioether (sulfide) groups is 1. The summed E-state index contributed by atoms with van der Waals surface area (Å²) >= 11 is 1.53. The number of methoxy groups -OCH3 is 1. The summed E-state index contributed by atoms with van der Waals surface area (Å²) in [7, 11) is 1.60. The number of hydrogen-bond donors (Lipinski definition) is 2. The SMILES string of the molecule is COc1ccc(NC(=O)Cc2ccc3c(c2)NC(=O)C(C)S3)cc1. The quantitative estimate of drug-likeness (QED) is 0.894. The second-order valence-corrected chi connectivity index (χ2v) is 6.92. The highest BCUT2D eigenvalue weighted by Crippen LogP contribution is 2.36. The summed E-state index contributed by atoms with van der Waals surface area (Å²) in [6.07, 6.45) is 0.245. The number of hydrogen-bond acceptors (Lipinski definition) is 4. The first kappa shape index (κ1) is 16.4. The number of ether oxygens (including phenoxy) is 1. The highest BCUT2D eigenvalue weighted by Gasteiger charge is 2.23. The van der Waals surface area contributed by atoms with Gasteiger partial charge in [-0.1, -0.05) is 6.07 Å². The summed E-state index contributed by atoms with van der Waals surface area (Å²) in [5, 5.41) is 5.64. The van der Waals surface area contributed by atoms with Gasteiger partial charge >= 0.3 is 0 Å². The Bertz CT molecular complexity index is 774. The fourth-order valence-electron chi connectivity index (χ4n) is 2.43. The van der Waals surface area contributed by atoms with Crippen LogP contribution in [0.15, 0.2) is 47.4 Å². The van der Waals surface area contributed by atoms with Gasteiger partial charge in [-0.25, -0.2) is 0 Å². The maximum atomic E-state index is 12.2. The number of nitrogens with one attached hydrogen (secondary N) is 2. The van der Waals surface area contributed by atoms with E-state index in [1.165, 1.54) is 11.8 Å². The van der Waals surface area contributed by atoms with E-state index in [1.54, 1.807) is 31.4 Å². The lowest BCUT2D eigenvalue weighted by Crippen LogP contribution is -2.26. The Morgan fingerprint density at radius 3 is 2.71 bits per heavy atom. The van der Waals surface area contributed by atoms with Crippen LogP contribution in [0.5, 0.6) is 5.75 Å². The molecule has 1 aliphatic rings. The Hall–Kier alpha value is -2.47. The fourth-order valence-corrected chi connectivity index (χ4v) is 3.36. The van der Waals surface area contributed by atoms with E-state index in [-0.39, 0.29) is 23.5 Å². The van der Waals surface area contributed by atoms with E-state index in [0.717, 1.165) is 27.6 Å². The molecule has 24 heavy (non-hydrogen) atoms. The normalized spacial score (nSPS) is 16.1. The van der Waals surface area contributed by atoms with Crippen molar-refractivity contribution in [3.63, 3.8) is 0 Å². The Morgan fingerprint density at radius 1 is 1.25 bits per heavy atom. The van der Waals surface area contributed by atoms with Crippen molar-refractivity contribution >= 4 is 35.0 Å². The number of fused-ring (bicyclic) bond motifs is 1. The van der Waals surface area contributed by atoms with Gasteiger partial charge in [-0.3, -0.25) is 9.59 Å². The third-order valence-corrected chi connectivity index (χ3v) is 4.89. The zero-order valence-corrected chi connectivity index (χ0v) is 14.3. The summed E-state index contributed by atoms with van der Waals surface area (Å²) in [5.41, 5.74) is 2.35. The van der Waals surface area contributed by atoms with Crippen molar-refractivity contribution < 1.29 is 14.3 Å². The van der Waals surface area contributed by atoms with Crippen LogP contribution in [0.2, 0.25) is 0 Å². The van der Waals surface area contributed by atoms with Crippen LogP contribution in [-0.4, -0.2) is 24.2 Å². The van der Waals surface area contributed by atoms with Gasteiger partial charge in [0.1, 0.15) is 5.75 Å². The van der Waals surface area contributed by atoms with Gasteiger partial charge < -0.3 is 15.4 Å². The first-order valence-electron chi connectivity index (χ1n) is 7.59. The van der Waals surface area contributed by atoms with E-state index in [9.17, 15) is 9.59 Å². The van der Waals surface area contributed by atoms with Crippen LogP contribution in [0, 0.1) is 0 Å². The van der Waals surface area contributed by atoms with Crippen LogP contribution < -0.4 is 15.4 Å². The van der Waals surface area contributed by atoms with Crippen LogP contribution in [0.25, 0.3) is 0 Å². The number of carbonyl (C=O) groups is 2. The van der Waals surface area contributed by atoms with E-state index in [0.29, 0.717) is 0 Å². The molecule has 2 aromatic carbocycles. The zero-order valence-electron chi connectivity index (χ0n) is 13.5. The summed E-state index contributed by atoms with van der Waals surface area (Å²) in [5.74, 6) is 0.626. The van der Waals surface area contributed by atoms with Crippen molar-refractivity contribution in [3.05, 3.63) is 48.0 Å². The van der Waals surface area contributed by atoms with E-state index >= 15 is 0 Å². The lowest BCUT2D eigenvalue weighted by atomic mass is 10.1. The summed E-state index contributed by atoms with van der Waals surface area (Å²) in [6.45, 7) is 1.87. The molecular formula is C18H18N2O3S. The van der Waals surface area contributed by atoms with Gasteiger partial charge in [0.25, 0.3) is 0 Å². The maximum Gasteiger partial charge on any atom is 0.237 e. The number of rotatable bonds is 4. The van der Waals surface area contributed by atoms with Gasteiger partial charge in [-0.15, -0.1) is 11.8 Å². The molecule has 1 heterocycles. The van der Waals surface area contributed by atoms with Crippen LogP contribution in [0.1, 0.15) is 12.5 Å². The topological polar surface area (TPSA) is 67.4 Å². The Labute approximate surface area is 144 Å². The van der Waals surface area contributed by atoms with E-state index in [2.05, 4.69) is 10.6 Å². The van der Waals surface area contributed by atoms with Crippen molar-refractivity contribution in [1.29, 1.82) is 0 Å². The second-order valence-electron chi connectivity index (χ2n) is 5.53. The Morgan fingerprint density at radius 2 is 2.00 bits per heavy atom. The summed E-state index contributed by atoms with van der Waals surface area (Å²) in [6, 6.07) is 12.9. The third-order valence-electron chi connectivity index (χ3n) is 3.71. The summed E-state index contributed by atoms with van der Waals surface area (Å²) < 4.78 is 5.09. The molecule has 0 bridgehead atoms. The first-order valence-corrected chi connectivity index (χ1v) is 8.47. The molecule has 1 unspecified atom stereocenters. The van der Waals surface area contributed by atoms with Gasteiger partial charge in [0.15, 0.2) is 0 Å². The van der Waals surface area contributed by atoms with Crippen LogP contribution in [0.4, 0.5) is 11.4 Å². The molecule has 0 saturated heterocycles. The predicted molar refractivity (Wildman–Crippen MR) is 95.7 cm³/mol. The molecule has 1 atom stereocenters. The molecule has 6 heteroatoms. The standard InChI is InChI=1S/C18H18N2O3S/c1-11-18(22)20-15-9-12(3-8-16(15)24-11)10-17(21)19-13-4-6-14(23-2)7-5-13/h3-9,11H,10H2,1-2H3,(H,19,21)(H,20,22). The van der Waals surface area contributed by atoms with Crippen molar-refractivity contribution in [2.75, 3.05) is 17.7 Å². The second kappa shape index (κ2) is 6.97. The van der Waals surface area contributed by atoms with Crippen LogP contribution in [-0.2, 0) is 16.0 Å². The number of carbonyl (C=O) groups excluding carboxylic acids is 2. The monoisotopic (exact) mass is 342 g/mol. The average Bonchev–Trinajstić information content (AvgIpc) is 2.57. The van der Waals surface area contributed by atoms with Crippen LogP contribution >= 0.6 is 11.8 Å². The van der Waals surface area contributed by atoms with E-state index < -0.39 is 0 Å². The molecule has 0 aliphatic carbocycles.